The molecule has 5 nitrogen and oxygen atoms in total. The van der Waals surface area contributed by atoms with E-state index in [9.17, 15) is 10.1 Å². The molecule has 1 aromatic carbocycles. The Morgan fingerprint density at radius 2 is 2.15 bits per heavy atom. The number of hydrogen-bond donors (Lipinski definition) is 1. The van der Waals surface area contributed by atoms with Gasteiger partial charge in [0.25, 0.3) is 0 Å². The molecule has 0 saturated heterocycles. The van der Waals surface area contributed by atoms with Crippen LogP contribution in [-0.2, 0) is 0 Å². The number of nitro benzene ring substituents is 1. The maximum Gasteiger partial charge on any atom is 0.333 e. The molecule has 5 heteroatoms. The van der Waals surface area contributed by atoms with Crippen molar-refractivity contribution in [2.45, 2.75) is 45.6 Å². The Hall–Kier alpha value is -1.78. The van der Waals surface area contributed by atoms with Crippen molar-refractivity contribution in [3.05, 3.63) is 28.3 Å². The van der Waals surface area contributed by atoms with E-state index in [-0.39, 0.29) is 16.7 Å². The first-order chi connectivity index (χ1) is 9.63. The minimum atomic E-state index is -0.360. The van der Waals surface area contributed by atoms with Gasteiger partial charge >= 0.3 is 5.69 Å². The Balaban J connectivity index is 2.26. The lowest BCUT2D eigenvalue weighted by atomic mass is 9.88. The van der Waals surface area contributed by atoms with E-state index >= 15 is 0 Å². The molecule has 2 rings (SSSR count). The topological polar surface area (TPSA) is 64.4 Å². The first-order valence-electron chi connectivity index (χ1n) is 7.31. The van der Waals surface area contributed by atoms with Gasteiger partial charge in [-0.05, 0) is 44.2 Å². The Morgan fingerprint density at radius 1 is 1.40 bits per heavy atom. The van der Waals surface area contributed by atoms with Crippen LogP contribution in [0.3, 0.4) is 0 Å². The molecule has 0 aliphatic heterocycles. The summed E-state index contributed by atoms with van der Waals surface area (Å²) in [7, 11) is 0. The van der Waals surface area contributed by atoms with Crippen molar-refractivity contribution in [1.82, 2.24) is 0 Å². The van der Waals surface area contributed by atoms with Crippen molar-refractivity contribution < 1.29 is 9.66 Å². The highest BCUT2D eigenvalue weighted by molar-refractivity contribution is 5.68. The highest BCUT2D eigenvalue weighted by atomic mass is 16.6. The summed E-state index contributed by atoms with van der Waals surface area (Å²) in [6.45, 7) is 4.72. The summed E-state index contributed by atoms with van der Waals surface area (Å²) in [5.41, 5.74) is 0.575. The van der Waals surface area contributed by atoms with Crippen molar-refractivity contribution in [3.8, 4) is 5.75 Å². The van der Waals surface area contributed by atoms with Gasteiger partial charge in [0.2, 0.25) is 0 Å². The average Bonchev–Trinajstić information content (AvgIpc) is 2.41. The smallest absolute Gasteiger partial charge is 0.333 e. The molecule has 0 aromatic heterocycles. The van der Waals surface area contributed by atoms with Gasteiger partial charge in [-0.1, -0.05) is 19.4 Å². The first kappa shape index (κ1) is 14.6. The molecule has 2 unspecified atom stereocenters. The number of anilines is 1. The molecule has 0 spiro atoms. The quantitative estimate of drug-likeness (QED) is 0.653. The monoisotopic (exact) mass is 278 g/mol. The molecule has 1 saturated carbocycles. The van der Waals surface area contributed by atoms with Crippen LogP contribution in [0.2, 0.25) is 0 Å². The normalized spacial score (nSPS) is 22.3. The fourth-order valence-electron chi connectivity index (χ4n) is 2.76. The Kier molecular flexibility index (Phi) is 4.82. The van der Waals surface area contributed by atoms with Gasteiger partial charge in [0, 0.05) is 6.54 Å². The van der Waals surface area contributed by atoms with Crippen LogP contribution < -0.4 is 10.1 Å². The third kappa shape index (κ3) is 3.21. The zero-order chi connectivity index (χ0) is 14.5. The highest BCUT2D eigenvalue weighted by Gasteiger charge is 2.27. The molecule has 0 heterocycles. The summed E-state index contributed by atoms with van der Waals surface area (Å²) in [5.74, 6) is 0.832. The molecule has 0 radical (unpaired) electrons. The highest BCUT2D eigenvalue weighted by Crippen LogP contribution is 2.37. The molecule has 1 fully saturated rings. The lowest BCUT2D eigenvalue weighted by Crippen LogP contribution is -2.28. The number of nitro groups is 1. The molecule has 2 atom stereocenters. The maximum absolute atomic E-state index is 11.3. The number of rotatable bonds is 5. The Bertz CT molecular complexity index is 476. The van der Waals surface area contributed by atoms with Gasteiger partial charge in [-0.25, -0.2) is 0 Å². The Morgan fingerprint density at radius 3 is 2.80 bits per heavy atom. The molecule has 20 heavy (non-hydrogen) atoms. The molecule has 1 aromatic rings. The van der Waals surface area contributed by atoms with E-state index in [1.807, 2.05) is 6.92 Å². The standard InChI is InChI=1S/C15H22N2O3/c1-3-16-12-8-6-10-14(15(12)17(18)19)20-13-9-5-4-7-11(13)2/h6,8,10-11,13,16H,3-5,7,9H2,1-2H3. The molecule has 1 aliphatic rings. The van der Waals surface area contributed by atoms with Crippen molar-refractivity contribution in [2.75, 3.05) is 11.9 Å². The zero-order valence-corrected chi connectivity index (χ0v) is 12.1. The number of nitrogens with zero attached hydrogens (tertiary/aromatic N) is 1. The molecular formula is C15H22N2O3. The van der Waals surface area contributed by atoms with Crippen LogP contribution in [0.25, 0.3) is 0 Å². The van der Waals surface area contributed by atoms with Crippen LogP contribution in [0.15, 0.2) is 18.2 Å². The zero-order valence-electron chi connectivity index (χ0n) is 12.1. The molecular weight excluding hydrogens is 256 g/mol. The summed E-state index contributed by atoms with van der Waals surface area (Å²) in [6, 6.07) is 5.22. The third-order valence-electron chi connectivity index (χ3n) is 3.86. The average molecular weight is 278 g/mol. The number of nitrogens with one attached hydrogen (secondary N) is 1. The second-order valence-electron chi connectivity index (χ2n) is 5.36. The summed E-state index contributed by atoms with van der Waals surface area (Å²) in [6.07, 6.45) is 4.55. The van der Waals surface area contributed by atoms with Crippen LogP contribution in [0.5, 0.6) is 5.75 Å². The summed E-state index contributed by atoms with van der Waals surface area (Å²) in [4.78, 5) is 11.0. The largest absolute Gasteiger partial charge is 0.483 e. The van der Waals surface area contributed by atoms with Gasteiger partial charge in [0.05, 0.1) is 4.92 Å². The van der Waals surface area contributed by atoms with Gasteiger partial charge in [0.1, 0.15) is 11.8 Å². The van der Waals surface area contributed by atoms with Crippen LogP contribution in [0, 0.1) is 16.0 Å². The SMILES string of the molecule is CCNc1cccc(OC2CCCCC2C)c1[N+](=O)[O-]. The van der Waals surface area contributed by atoms with Gasteiger partial charge in [-0.2, -0.15) is 0 Å². The van der Waals surface area contributed by atoms with E-state index in [1.165, 1.54) is 6.42 Å². The van der Waals surface area contributed by atoms with E-state index in [1.54, 1.807) is 18.2 Å². The predicted octanol–water partition coefficient (Wildman–Crippen LogP) is 3.98. The van der Waals surface area contributed by atoms with E-state index in [2.05, 4.69) is 12.2 Å². The Labute approximate surface area is 119 Å². The number of para-hydroxylation sites is 1. The predicted molar refractivity (Wildman–Crippen MR) is 79.3 cm³/mol. The molecule has 1 N–H and O–H groups in total. The first-order valence-corrected chi connectivity index (χ1v) is 7.31. The fourth-order valence-corrected chi connectivity index (χ4v) is 2.76. The minimum Gasteiger partial charge on any atom is -0.483 e. The lowest BCUT2D eigenvalue weighted by Gasteiger charge is -2.29. The van der Waals surface area contributed by atoms with Gasteiger partial charge in [0.15, 0.2) is 5.75 Å². The van der Waals surface area contributed by atoms with Gasteiger partial charge in [-0.15, -0.1) is 0 Å². The van der Waals surface area contributed by atoms with Gasteiger partial charge < -0.3 is 10.1 Å². The lowest BCUT2D eigenvalue weighted by molar-refractivity contribution is -0.385. The van der Waals surface area contributed by atoms with Crippen molar-refractivity contribution in [3.63, 3.8) is 0 Å². The molecule has 110 valence electrons. The second kappa shape index (κ2) is 6.59. The number of ether oxygens (including phenoxy) is 1. The molecule has 0 amide bonds. The second-order valence-corrected chi connectivity index (χ2v) is 5.36. The number of hydrogen-bond acceptors (Lipinski definition) is 4. The van der Waals surface area contributed by atoms with E-state index < -0.39 is 0 Å². The summed E-state index contributed by atoms with van der Waals surface area (Å²) in [5, 5.41) is 14.4. The minimum absolute atomic E-state index is 0.0483. The van der Waals surface area contributed by atoms with E-state index in [0.29, 0.717) is 23.9 Å². The van der Waals surface area contributed by atoms with E-state index in [4.69, 9.17) is 4.74 Å². The molecule has 0 bridgehead atoms. The molecule has 1 aliphatic carbocycles. The summed E-state index contributed by atoms with van der Waals surface area (Å²) >= 11 is 0. The van der Waals surface area contributed by atoms with Crippen LogP contribution >= 0.6 is 0 Å². The van der Waals surface area contributed by atoms with Gasteiger partial charge in [-0.3, -0.25) is 10.1 Å². The van der Waals surface area contributed by atoms with Crippen molar-refractivity contribution in [2.24, 2.45) is 5.92 Å². The van der Waals surface area contributed by atoms with Crippen LogP contribution in [0.1, 0.15) is 39.5 Å². The third-order valence-corrected chi connectivity index (χ3v) is 3.86. The van der Waals surface area contributed by atoms with Crippen LogP contribution in [0.4, 0.5) is 11.4 Å². The summed E-state index contributed by atoms with van der Waals surface area (Å²) < 4.78 is 5.97. The number of benzene rings is 1. The van der Waals surface area contributed by atoms with Crippen molar-refractivity contribution >= 4 is 11.4 Å². The fraction of sp³-hybridized carbons (Fsp3) is 0.600. The van der Waals surface area contributed by atoms with Crippen LogP contribution in [-0.4, -0.2) is 17.6 Å². The maximum atomic E-state index is 11.3. The van der Waals surface area contributed by atoms with Crippen molar-refractivity contribution in [1.29, 1.82) is 0 Å². The van der Waals surface area contributed by atoms with E-state index in [0.717, 1.165) is 19.3 Å².